The van der Waals surface area contributed by atoms with Crippen LogP contribution in [0.2, 0.25) is 0 Å². The maximum absolute atomic E-state index is 5.68. The zero-order chi connectivity index (χ0) is 11.4. The van der Waals surface area contributed by atoms with Gasteiger partial charge in [0.2, 0.25) is 0 Å². The molecule has 0 bridgehead atoms. The number of furan rings is 1. The lowest BCUT2D eigenvalue weighted by atomic mass is 9.99. The summed E-state index contributed by atoms with van der Waals surface area (Å²) in [6, 6.07) is 2.37. The monoisotopic (exact) mass is 223 g/mol. The molecule has 3 atom stereocenters. The van der Waals surface area contributed by atoms with Crippen LogP contribution >= 0.6 is 0 Å². The van der Waals surface area contributed by atoms with Crippen molar-refractivity contribution in [2.75, 3.05) is 13.2 Å². The molecule has 0 radical (unpaired) electrons. The molecule has 0 saturated carbocycles. The van der Waals surface area contributed by atoms with Crippen molar-refractivity contribution in [3.63, 3.8) is 0 Å². The quantitative estimate of drug-likeness (QED) is 0.833. The van der Waals surface area contributed by atoms with Crippen molar-refractivity contribution in [2.45, 2.75) is 38.8 Å². The van der Waals surface area contributed by atoms with Gasteiger partial charge in [-0.25, -0.2) is 0 Å². The molecule has 16 heavy (non-hydrogen) atoms. The van der Waals surface area contributed by atoms with Gasteiger partial charge in [0.1, 0.15) is 0 Å². The van der Waals surface area contributed by atoms with Crippen molar-refractivity contribution in [1.82, 2.24) is 5.32 Å². The Labute approximate surface area is 97.2 Å². The molecule has 3 heteroatoms. The number of rotatable bonds is 5. The maximum Gasteiger partial charge on any atom is 0.0950 e. The summed E-state index contributed by atoms with van der Waals surface area (Å²) in [4.78, 5) is 0. The lowest BCUT2D eigenvalue weighted by molar-refractivity contribution is 0.0867. The molecule has 1 N–H and O–H groups in total. The zero-order valence-corrected chi connectivity index (χ0v) is 10.1. The van der Waals surface area contributed by atoms with E-state index in [-0.39, 0.29) is 0 Å². The van der Waals surface area contributed by atoms with Gasteiger partial charge in [-0.2, -0.15) is 0 Å². The number of ether oxygens (including phenoxy) is 1. The lowest BCUT2D eigenvalue weighted by Gasteiger charge is -2.20. The SMILES string of the molecule is CCC1OCCC1CNC(C)c1ccoc1. The minimum atomic E-state index is 0.358. The van der Waals surface area contributed by atoms with Crippen LogP contribution in [0, 0.1) is 5.92 Å². The van der Waals surface area contributed by atoms with Gasteiger partial charge in [-0.3, -0.25) is 0 Å². The van der Waals surface area contributed by atoms with Crippen LogP contribution in [0.25, 0.3) is 0 Å². The smallest absolute Gasteiger partial charge is 0.0950 e. The summed E-state index contributed by atoms with van der Waals surface area (Å²) in [5.41, 5.74) is 1.21. The van der Waals surface area contributed by atoms with Gasteiger partial charge in [-0.15, -0.1) is 0 Å². The second kappa shape index (κ2) is 5.51. The highest BCUT2D eigenvalue weighted by molar-refractivity contribution is 5.10. The molecular formula is C13H21NO2. The van der Waals surface area contributed by atoms with Crippen LogP contribution in [0.1, 0.15) is 38.3 Å². The third-order valence-electron chi connectivity index (χ3n) is 3.48. The lowest BCUT2D eigenvalue weighted by Crippen LogP contribution is -2.29. The van der Waals surface area contributed by atoms with Crippen LogP contribution in [-0.4, -0.2) is 19.3 Å². The van der Waals surface area contributed by atoms with Crippen molar-refractivity contribution in [3.05, 3.63) is 24.2 Å². The number of hydrogen-bond acceptors (Lipinski definition) is 3. The fraction of sp³-hybridized carbons (Fsp3) is 0.692. The highest BCUT2D eigenvalue weighted by Crippen LogP contribution is 2.23. The topological polar surface area (TPSA) is 34.4 Å². The summed E-state index contributed by atoms with van der Waals surface area (Å²) in [5.74, 6) is 0.666. The van der Waals surface area contributed by atoms with E-state index in [2.05, 4.69) is 19.2 Å². The predicted molar refractivity (Wildman–Crippen MR) is 63.3 cm³/mol. The van der Waals surface area contributed by atoms with E-state index in [1.54, 1.807) is 12.5 Å². The van der Waals surface area contributed by atoms with E-state index in [9.17, 15) is 0 Å². The van der Waals surface area contributed by atoms with Gasteiger partial charge in [0.05, 0.1) is 18.6 Å². The molecule has 0 aromatic carbocycles. The average Bonchev–Trinajstić information content (AvgIpc) is 2.96. The standard InChI is InChI=1S/C13H21NO2/c1-3-13-11(5-7-16-13)8-14-10(2)12-4-6-15-9-12/h4,6,9-11,13-14H,3,5,7-8H2,1-2H3. The normalized spacial score (nSPS) is 27.1. The Hall–Kier alpha value is -0.800. The molecule has 1 aromatic heterocycles. The van der Waals surface area contributed by atoms with Gasteiger partial charge in [-0.05, 0) is 31.7 Å². The molecule has 90 valence electrons. The number of hydrogen-bond donors (Lipinski definition) is 1. The molecule has 1 aliphatic rings. The second-order valence-electron chi connectivity index (χ2n) is 4.55. The second-order valence-corrected chi connectivity index (χ2v) is 4.55. The molecule has 2 heterocycles. The first kappa shape index (κ1) is 11.7. The Morgan fingerprint density at radius 2 is 2.44 bits per heavy atom. The van der Waals surface area contributed by atoms with Crippen molar-refractivity contribution >= 4 is 0 Å². The minimum Gasteiger partial charge on any atom is -0.472 e. The molecule has 1 saturated heterocycles. The fourth-order valence-corrected chi connectivity index (χ4v) is 2.34. The Morgan fingerprint density at radius 3 is 3.12 bits per heavy atom. The number of nitrogens with one attached hydrogen (secondary N) is 1. The first-order valence-corrected chi connectivity index (χ1v) is 6.18. The van der Waals surface area contributed by atoms with E-state index in [4.69, 9.17) is 9.15 Å². The van der Waals surface area contributed by atoms with Crippen molar-refractivity contribution in [1.29, 1.82) is 0 Å². The summed E-state index contributed by atoms with van der Waals surface area (Å²) in [5, 5.41) is 3.55. The Balaban J connectivity index is 1.78. The first-order valence-electron chi connectivity index (χ1n) is 6.18. The van der Waals surface area contributed by atoms with Gasteiger partial charge in [0, 0.05) is 24.8 Å². The van der Waals surface area contributed by atoms with Gasteiger partial charge in [0.25, 0.3) is 0 Å². The van der Waals surface area contributed by atoms with Crippen LogP contribution < -0.4 is 5.32 Å². The van der Waals surface area contributed by atoms with E-state index in [1.807, 2.05) is 6.07 Å². The molecule has 1 aliphatic heterocycles. The predicted octanol–water partition coefficient (Wildman–Crippen LogP) is 2.75. The van der Waals surface area contributed by atoms with E-state index < -0.39 is 0 Å². The van der Waals surface area contributed by atoms with Crippen LogP contribution in [0.15, 0.2) is 23.0 Å². The molecule has 0 aliphatic carbocycles. The van der Waals surface area contributed by atoms with E-state index in [1.165, 1.54) is 12.0 Å². The zero-order valence-electron chi connectivity index (χ0n) is 10.1. The molecule has 3 unspecified atom stereocenters. The van der Waals surface area contributed by atoms with Gasteiger partial charge in [0.15, 0.2) is 0 Å². The maximum atomic E-state index is 5.68. The van der Waals surface area contributed by atoms with E-state index in [0.29, 0.717) is 18.1 Å². The summed E-state index contributed by atoms with van der Waals surface area (Å²) >= 11 is 0. The van der Waals surface area contributed by atoms with Crippen LogP contribution in [-0.2, 0) is 4.74 Å². The first-order chi connectivity index (χ1) is 7.81. The summed E-state index contributed by atoms with van der Waals surface area (Å²) < 4.78 is 10.8. The highest BCUT2D eigenvalue weighted by Gasteiger charge is 2.26. The third-order valence-corrected chi connectivity index (χ3v) is 3.48. The molecule has 1 aromatic rings. The van der Waals surface area contributed by atoms with Crippen molar-refractivity contribution in [3.8, 4) is 0 Å². The molecule has 0 amide bonds. The summed E-state index contributed by atoms with van der Waals surface area (Å²) in [6.45, 7) is 6.32. The molecular weight excluding hydrogens is 202 g/mol. The molecule has 0 spiro atoms. The highest BCUT2D eigenvalue weighted by atomic mass is 16.5. The van der Waals surface area contributed by atoms with Crippen LogP contribution in [0.3, 0.4) is 0 Å². The Morgan fingerprint density at radius 1 is 1.56 bits per heavy atom. The Bertz CT molecular complexity index is 297. The van der Waals surface area contributed by atoms with Crippen LogP contribution in [0.5, 0.6) is 0 Å². The van der Waals surface area contributed by atoms with Crippen LogP contribution in [0.4, 0.5) is 0 Å². The van der Waals surface area contributed by atoms with Gasteiger partial charge >= 0.3 is 0 Å². The van der Waals surface area contributed by atoms with Crippen molar-refractivity contribution in [2.24, 2.45) is 5.92 Å². The van der Waals surface area contributed by atoms with Gasteiger partial charge in [-0.1, -0.05) is 6.92 Å². The largest absolute Gasteiger partial charge is 0.472 e. The molecule has 1 fully saturated rings. The Kier molecular flexibility index (Phi) is 4.02. The van der Waals surface area contributed by atoms with E-state index in [0.717, 1.165) is 19.6 Å². The fourth-order valence-electron chi connectivity index (χ4n) is 2.34. The molecule has 2 rings (SSSR count). The van der Waals surface area contributed by atoms with Gasteiger partial charge < -0.3 is 14.5 Å². The van der Waals surface area contributed by atoms with Crippen molar-refractivity contribution < 1.29 is 9.15 Å². The average molecular weight is 223 g/mol. The minimum absolute atomic E-state index is 0.358. The molecule has 3 nitrogen and oxygen atoms in total. The third kappa shape index (κ3) is 2.66. The van der Waals surface area contributed by atoms with E-state index >= 15 is 0 Å². The summed E-state index contributed by atoms with van der Waals surface area (Å²) in [6.07, 6.45) is 6.28. The summed E-state index contributed by atoms with van der Waals surface area (Å²) in [7, 11) is 0.